The maximum Gasteiger partial charge on any atom is 0.355 e. The Balaban J connectivity index is 1.84. The van der Waals surface area contributed by atoms with Crippen LogP contribution in [0.5, 0.6) is 11.5 Å². The predicted molar refractivity (Wildman–Crippen MR) is 109 cm³/mol. The number of nitrogens with zero attached hydrogens (tertiary/aromatic N) is 1. The molecular weight excluding hydrogens is 372 g/mol. The van der Waals surface area contributed by atoms with E-state index in [1.807, 2.05) is 25.1 Å². The lowest BCUT2D eigenvalue weighted by molar-refractivity contribution is -0.144. The van der Waals surface area contributed by atoms with Crippen molar-refractivity contribution < 1.29 is 23.8 Å². The molecule has 1 aliphatic rings. The number of rotatable bonds is 7. The molecule has 1 atom stereocenters. The van der Waals surface area contributed by atoms with Crippen molar-refractivity contribution in [3.05, 3.63) is 65.4 Å². The lowest BCUT2D eigenvalue weighted by Gasteiger charge is -2.19. The molecule has 0 spiro atoms. The fraction of sp³-hybridized carbons (Fsp3) is 0.273. The van der Waals surface area contributed by atoms with Gasteiger partial charge >= 0.3 is 5.97 Å². The molecule has 0 bridgehead atoms. The summed E-state index contributed by atoms with van der Waals surface area (Å²) in [5.41, 5.74) is 1.16. The van der Waals surface area contributed by atoms with Crippen LogP contribution in [-0.2, 0) is 9.53 Å². The Morgan fingerprint density at radius 2 is 1.86 bits per heavy atom. The Bertz CT molecular complexity index is 909. The summed E-state index contributed by atoms with van der Waals surface area (Å²) in [6.07, 6.45) is 1.22. The van der Waals surface area contributed by atoms with Crippen LogP contribution in [0.4, 0.5) is 0 Å². The maximum absolute atomic E-state index is 12.8. The van der Waals surface area contributed by atoms with Crippen molar-refractivity contribution in [3.8, 4) is 11.5 Å². The molecule has 152 valence electrons. The van der Waals surface area contributed by atoms with Crippen molar-refractivity contribution in [1.82, 2.24) is 10.2 Å². The van der Waals surface area contributed by atoms with E-state index in [0.29, 0.717) is 29.2 Å². The van der Waals surface area contributed by atoms with Gasteiger partial charge in [-0.3, -0.25) is 4.79 Å². The van der Waals surface area contributed by atoms with Crippen LogP contribution in [0.1, 0.15) is 22.8 Å². The summed E-state index contributed by atoms with van der Waals surface area (Å²) in [7, 11) is 3.79. The van der Waals surface area contributed by atoms with Gasteiger partial charge in [-0.2, -0.15) is 0 Å². The zero-order chi connectivity index (χ0) is 20.8. The van der Waals surface area contributed by atoms with Gasteiger partial charge in [0.2, 0.25) is 6.79 Å². The van der Waals surface area contributed by atoms with E-state index >= 15 is 0 Å². The smallest absolute Gasteiger partial charge is 0.355 e. The van der Waals surface area contributed by atoms with Gasteiger partial charge in [0.05, 0.1) is 0 Å². The second kappa shape index (κ2) is 9.25. The van der Waals surface area contributed by atoms with Crippen molar-refractivity contribution in [3.63, 3.8) is 0 Å². The minimum absolute atomic E-state index is 0.0447. The Hall–Kier alpha value is -3.32. The van der Waals surface area contributed by atoms with Crippen LogP contribution >= 0.6 is 0 Å². The number of benzene rings is 2. The molecule has 2 aromatic carbocycles. The van der Waals surface area contributed by atoms with Gasteiger partial charge in [-0.1, -0.05) is 24.3 Å². The quantitative estimate of drug-likeness (QED) is 0.573. The number of nitrogens with one attached hydrogen (secondary N) is 1. The summed E-state index contributed by atoms with van der Waals surface area (Å²) in [6.45, 7) is 2.52. The van der Waals surface area contributed by atoms with Crippen LogP contribution in [0.15, 0.2) is 54.2 Å². The molecule has 1 heterocycles. The van der Waals surface area contributed by atoms with E-state index in [9.17, 15) is 9.59 Å². The summed E-state index contributed by atoms with van der Waals surface area (Å²) in [5, 5.41) is 2.67. The fourth-order valence-corrected chi connectivity index (χ4v) is 2.90. The molecule has 7 heteroatoms. The van der Waals surface area contributed by atoms with E-state index in [0.717, 1.165) is 0 Å². The van der Waals surface area contributed by atoms with Gasteiger partial charge in [-0.05, 0) is 56.9 Å². The molecule has 1 N–H and O–H groups in total. The molecule has 2 aromatic rings. The van der Waals surface area contributed by atoms with Gasteiger partial charge in [0.15, 0.2) is 11.5 Å². The number of amides is 1. The number of ether oxygens (including phenoxy) is 3. The summed E-state index contributed by atoms with van der Waals surface area (Å²) in [4.78, 5) is 27.3. The number of fused-ring (bicyclic) bond motifs is 1. The van der Waals surface area contributed by atoms with E-state index in [-0.39, 0.29) is 18.6 Å². The number of hydrogen-bond donors (Lipinski definition) is 1. The van der Waals surface area contributed by atoms with Gasteiger partial charge in [0, 0.05) is 12.1 Å². The molecular formula is C22H24N2O5. The molecule has 0 radical (unpaired) electrons. The Labute approximate surface area is 169 Å². The third kappa shape index (κ3) is 5.58. The first-order chi connectivity index (χ1) is 13.9. The van der Waals surface area contributed by atoms with Crippen LogP contribution in [0.3, 0.4) is 0 Å². The molecule has 3 rings (SSSR count). The minimum atomic E-state index is -0.610. The molecule has 0 aliphatic carbocycles. The van der Waals surface area contributed by atoms with E-state index in [4.69, 9.17) is 14.2 Å². The molecule has 0 saturated carbocycles. The van der Waals surface area contributed by atoms with Gasteiger partial charge in [0.1, 0.15) is 11.8 Å². The zero-order valence-electron chi connectivity index (χ0n) is 16.7. The third-order valence-electron chi connectivity index (χ3n) is 4.14. The first-order valence-corrected chi connectivity index (χ1v) is 9.26. The molecule has 0 fully saturated rings. The van der Waals surface area contributed by atoms with Crippen LogP contribution in [0.2, 0.25) is 0 Å². The minimum Gasteiger partial charge on any atom is -0.457 e. The highest BCUT2D eigenvalue weighted by molar-refractivity contribution is 6.03. The first kappa shape index (κ1) is 20.4. The molecule has 0 saturated heterocycles. The van der Waals surface area contributed by atoms with Gasteiger partial charge < -0.3 is 24.4 Å². The van der Waals surface area contributed by atoms with Crippen LogP contribution in [0.25, 0.3) is 6.08 Å². The normalized spacial score (nSPS) is 13.9. The summed E-state index contributed by atoms with van der Waals surface area (Å²) in [6, 6.07) is 14.0. The number of likely N-dealkylation sites (N-methyl/N-ethyl adjacent to an activating group) is 1. The first-order valence-electron chi connectivity index (χ1n) is 9.26. The van der Waals surface area contributed by atoms with Crippen LogP contribution in [0, 0.1) is 0 Å². The molecule has 0 aromatic heterocycles. The maximum atomic E-state index is 12.8. The van der Waals surface area contributed by atoms with Crippen LogP contribution in [-0.4, -0.2) is 50.3 Å². The largest absolute Gasteiger partial charge is 0.457 e. The second-order valence-corrected chi connectivity index (χ2v) is 6.97. The molecule has 0 unspecified atom stereocenters. The Morgan fingerprint density at radius 3 is 2.59 bits per heavy atom. The van der Waals surface area contributed by atoms with Crippen molar-refractivity contribution in [2.45, 2.75) is 13.0 Å². The summed E-state index contributed by atoms with van der Waals surface area (Å²) >= 11 is 0. The highest BCUT2D eigenvalue weighted by atomic mass is 16.7. The summed E-state index contributed by atoms with van der Waals surface area (Å²) < 4.78 is 16.2. The highest BCUT2D eigenvalue weighted by Gasteiger charge is 2.20. The van der Waals surface area contributed by atoms with Crippen molar-refractivity contribution in [2.24, 2.45) is 0 Å². The number of esters is 1. The third-order valence-corrected chi connectivity index (χ3v) is 4.14. The number of carbonyl (C=O) groups excluding carboxylic acids is 2. The lowest BCUT2D eigenvalue weighted by Crippen LogP contribution is -2.33. The van der Waals surface area contributed by atoms with Gasteiger partial charge in [-0.15, -0.1) is 0 Å². The van der Waals surface area contributed by atoms with E-state index in [1.165, 1.54) is 0 Å². The molecule has 1 aliphatic heterocycles. The molecule has 7 nitrogen and oxygen atoms in total. The van der Waals surface area contributed by atoms with E-state index in [2.05, 4.69) is 5.32 Å². The Morgan fingerprint density at radius 1 is 1.14 bits per heavy atom. The van der Waals surface area contributed by atoms with Crippen LogP contribution < -0.4 is 14.8 Å². The van der Waals surface area contributed by atoms with E-state index in [1.54, 1.807) is 55.5 Å². The monoisotopic (exact) mass is 396 g/mol. The fourth-order valence-electron chi connectivity index (χ4n) is 2.90. The molecule has 1 amide bonds. The predicted octanol–water partition coefficient (Wildman–Crippen LogP) is 2.68. The van der Waals surface area contributed by atoms with Crippen molar-refractivity contribution >= 4 is 18.0 Å². The second-order valence-electron chi connectivity index (χ2n) is 6.97. The van der Waals surface area contributed by atoms with Gasteiger partial charge in [0.25, 0.3) is 5.91 Å². The standard InChI is InChI=1S/C22H24N2O5/c1-15(13-24(2)3)29-22(26)18(23-21(25)17-7-5-4-6-8-17)11-16-9-10-19-20(12-16)28-14-27-19/h4-12,15H,13-14H2,1-3H3,(H,23,25)/b18-11+/t15-/m0/s1. The lowest BCUT2D eigenvalue weighted by atomic mass is 10.1. The topological polar surface area (TPSA) is 77.1 Å². The summed E-state index contributed by atoms with van der Waals surface area (Å²) in [5.74, 6) is 0.220. The van der Waals surface area contributed by atoms with Crippen molar-refractivity contribution in [2.75, 3.05) is 27.4 Å². The highest BCUT2D eigenvalue weighted by Crippen LogP contribution is 2.33. The van der Waals surface area contributed by atoms with Crippen molar-refractivity contribution in [1.29, 1.82) is 0 Å². The van der Waals surface area contributed by atoms with E-state index < -0.39 is 11.9 Å². The SMILES string of the molecule is C[C@@H](CN(C)C)OC(=O)/C(=C\c1ccc2c(c1)OCO2)NC(=O)c1ccccc1. The number of hydrogen-bond acceptors (Lipinski definition) is 6. The average Bonchev–Trinajstić information content (AvgIpc) is 3.15. The Kier molecular flexibility index (Phi) is 6.51. The molecule has 29 heavy (non-hydrogen) atoms. The van der Waals surface area contributed by atoms with Gasteiger partial charge in [-0.25, -0.2) is 4.79 Å². The average molecular weight is 396 g/mol. The zero-order valence-corrected chi connectivity index (χ0v) is 16.7. The number of carbonyl (C=O) groups is 2.